The maximum atomic E-state index is 5.76. The first-order valence-electron chi connectivity index (χ1n) is 6.67. The Kier molecular flexibility index (Phi) is 3.43. The molecule has 0 amide bonds. The average Bonchev–Trinajstić information content (AvgIpc) is 2.98. The number of aromatic nitrogens is 3. The van der Waals surface area contributed by atoms with Gasteiger partial charge in [0.05, 0.1) is 11.6 Å². The summed E-state index contributed by atoms with van der Waals surface area (Å²) in [5.41, 5.74) is 1.87. The van der Waals surface area contributed by atoms with Gasteiger partial charge in [-0.3, -0.25) is 4.98 Å². The normalized spacial score (nSPS) is 12.7. The number of benzene rings is 1. The zero-order chi connectivity index (χ0) is 13.9. The molecule has 0 saturated heterocycles. The van der Waals surface area contributed by atoms with Gasteiger partial charge in [0.25, 0.3) is 0 Å². The van der Waals surface area contributed by atoms with Crippen LogP contribution in [0.4, 0.5) is 0 Å². The minimum Gasteiger partial charge on any atom is -0.419 e. The topological polar surface area (TPSA) is 63.8 Å². The first kappa shape index (κ1) is 12.7. The van der Waals surface area contributed by atoms with Crippen molar-refractivity contribution in [1.82, 2.24) is 20.5 Å². The molecule has 5 nitrogen and oxygen atoms in total. The van der Waals surface area contributed by atoms with Crippen LogP contribution < -0.4 is 5.32 Å². The molecule has 1 unspecified atom stereocenters. The van der Waals surface area contributed by atoms with Crippen molar-refractivity contribution in [2.75, 3.05) is 7.05 Å². The fourth-order valence-corrected chi connectivity index (χ4v) is 2.20. The highest BCUT2D eigenvalue weighted by molar-refractivity contribution is 5.82. The van der Waals surface area contributed by atoms with E-state index in [9.17, 15) is 0 Å². The minimum atomic E-state index is 0.0957. The summed E-state index contributed by atoms with van der Waals surface area (Å²) < 4.78 is 5.76. The highest BCUT2D eigenvalue weighted by Crippen LogP contribution is 2.24. The van der Waals surface area contributed by atoms with Crippen LogP contribution in [0.25, 0.3) is 22.4 Å². The van der Waals surface area contributed by atoms with Crippen LogP contribution in [0.3, 0.4) is 0 Å². The number of nitrogens with one attached hydrogen (secondary N) is 1. The largest absolute Gasteiger partial charge is 0.419 e. The third kappa shape index (κ3) is 2.28. The van der Waals surface area contributed by atoms with Gasteiger partial charge in [-0.15, -0.1) is 10.2 Å². The van der Waals surface area contributed by atoms with Gasteiger partial charge in [0, 0.05) is 17.1 Å². The molecule has 1 N–H and O–H groups in total. The van der Waals surface area contributed by atoms with E-state index in [1.54, 1.807) is 6.20 Å². The van der Waals surface area contributed by atoms with Crippen molar-refractivity contribution in [3.05, 3.63) is 42.4 Å². The van der Waals surface area contributed by atoms with Crippen LogP contribution in [0.5, 0.6) is 0 Å². The van der Waals surface area contributed by atoms with Crippen LogP contribution in [0.15, 0.2) is 40.9 Å². The van der Waals surface area contributed by atoms with E-state index >= 15 is 0 Å². The van der Waals surface area contributed by atoms with E-state index in [1.165, 1.54) is 0 Å². The second kappa shape index (κ2) is 5.38. The lowest BCUT2D eigenvalue weighted by Gasteiger charge is -2.07. The van der Waals surface area contributed by atoms with Crippen molar-refractivity contribution >= 4 is 10.9 Å². The molecule has 2 heterocycles. The number of hydrogen-bond donors (Lipinski definition) is 1. The van der Waals surface area contributed by atoms with Crippen molar-refractivity contribution in [2.24, 2.45) is 0 Å². The molecule has 1 atom stereocenters. The third-order valence-electron chi connectivity index (χ3n) is 3.35. The van der Waals surface area contributed by atoms with E-state index in [2.05, 4.69) is 27.4 Å². The van der Waals surface area contributed by atoms with Crippen LogP contribution in [-0.2, 0) is 0 Å². The molecule has 0 aliphatic carbocycles. The number of hydrogen-bond acceptors (Lipinski definition) is 5. The standard InChI is InChI=1S/C15H16N4O/c1-3-12(16-2)15-19-18-14(20-15)11-6-7-13-10(9-11)5-4-8-17-13/h4-9,12,16H,3H2,1-2H3. The van der Waals surface area contributed by atoms with Crippen molar-refractivity contribution < 1.29 is 4.42 Å². The highest BCUT2D eigenvalue weighted by Gasteiger charge is 2.15. The molecule has 0 bridgehead atoms. The van der Waals surface area contributed by atoms with Gasteiger partial charge >= 0.3 is 0 Å². The predicted octanol–water partition coefficient (Wildman–Crippen LogP) is 2.96. The lowest BCUT2D eigenvalue weighted by molar-refractivity contribution is 0.415. The molecule has 1 aromatic carbocycles. The monoisotopic (exact) mass is 268 g/mol. The van der Waals surface area contributed by atoms with Gasteiger partial charge in [0.2, 0.25) is 11.8 Å². The quantitative estimate of drug-likeness (QED) is 0.788. The lowest BCUT2D eigenvalue weighted by Crippen LogP contribution is -2.15. The molecule has 0 fully saturated rings. The molecular formula is C15H16N4O. The van der Waals surface area contributed by atoms with Crippen LogP contribution in [-0.4, -0.2) is 22.2 Å². The summed E-state index contributed by atoms with van der Waals surface area (Å²) in [6.07, 6.45) is 2.69. The number of fused-ring (bicyclic) bond motifs is 1. The molecule has 0 spiro atoms. The summed E-state index contributed by atoms with van der Waals surface area (Å²) in [5, 5.41) is 12.5. The molecule has 20 heavy (non-hydrogen) atoms. The molecule has 5 heteroatoms. The zero-order valence-corrected chi connectivity index (χ0v) is 11.5. The number of pyridine rings is 1. The fraction of sp³-hybridized carbons (Fsp3) is 0.267. The Morgan fingerprint density at radius 2 is 2.15 bits per heavy atom. The molecule has 0 aliphatic rings. The smallest absolute Gasteiger partial charge is 0.247 e. The number of rotatable bonds is 4. The summed E-state index contributed by atoms with van der Waals surface area (Å²) in [6.45, 7) is 2.08. The maximum absolute atomic E-state index is 5.76. The van der Waals surface area contributed by atoms with Crippen LogP contribution in [0.2, 0.25) is 0 Å². The highest BCUT2D eigenvalue weighted by atomic mass is 16.4. The first-order chi connectivity index (χ1) is 9.81. The van der Waals surface area contributed by atoms with Crippen molar-refractivity contribution in [3.63, 3.8) is 0 Å². The summed E-state index contributed by atoms with van der Waals surface area (Å²) in [4.78, 5) is 4.30. The van der Waals surface area contributed by atoms with Crippen molar-refractivity contribution in [1.29, 1.82) is 0 Å². The van der Waals surface area contributed by atoms with Crippen LogP contribution >= 0.6 is 0 Å². The fourth-order valence-electron chi connectivity index (χ4n) is 2.20. The van der Waals surface area contributed by atoms with E-state index in [-0.39, 0.29) is 6.04 Å². The second-order valence-corrected chi connectivity index (χ2v) is 4.61. The van der Waals surface area contributed by atoms with Gasteiger partial charge in [-0.2, -0.15) is 0 Å². The maximum Gasteiger partial charge on any atom is 0.247 e. The summed E-state index contributed by atoms with van der Waals surface area (Å²) >= 11 is 0. The first-order valence-corrected chi connectivity index (χ1v) is 6.67. The average molecular weight is 268 g/mol. The SMILES string of the molecule is CCC(NC)c1nnc(-c2ccc3ncccc3c2)o1. The predicted molar refractivity (Wildman–Crippen MR) is 77.1 cm³/mol. The molecule has 0 radical (unpaired) electrons. The number of nitrogens with zero attached hydrogens (tertiary/aromatic N) is 3. The zero-order valence-electron chi connectivity index (χ0n) is 11.5. The van der Waals surface area contributed by atoms with E-state index < -0.39 is 0 Å². The molecule has 3 aromatic rings. The van der Waals surface area contributed by atoms with Crippen LogP contribution in [0, 0.1) is 0 Å². The Morgan fingerprint density at radius 1 is 1.25 bits per heavy atom. The van der Waals surface area contributed by atoms with Crippen molar-refractivity contribution in [2.45, 2.75) is 19.4 Å². The summed E-state index contributed by atoms with van der Waals surface area (Å²) in [6, 6.07) is 9.96. The molecule has 3 rings (SSSR count). The Balaban J connectivity index is 1.98. The van der Waals surface area contributed by atoms with Gasteiger partial charge in [0.1, 0.15) is 0 Å². The Hall–Kier alpha value is -2.27. The Morgan fingerprint density at radius 3 is 2.95 bits per heavy atom. The second-order valence-electron chi connectivity index (χ2n) is 4.61. The molecule has 0 aliphatic heterocycles. The van der Waals surface area contributed by atoms with E-state index in [0.717, 1.165) is 22.9 Å². The van der Waals surface area contributed by atoms with Gasteiger partial charge < -0.3 is 9.73 Å². The molecular weight excluding hydrogens is 252 g/mol. The van der Waals surface area contributed by atoms with Gasteiger partial charge in [0.15, 0.2) is 0 Å². The van der Waals surface area contributed by atoms with Gasteiger partial charge in [-0.25, -0.2) is 0 Å². The van der Waals surface area contributed by atoms with Crippen LogP contribution in [0.1, 0.15) is 25.3 Å². The Bertz CT molecular complexity index is 718. The van der Waals surface area contributed by atoms with E-state index in [1.807, 2.05) is 37.4 Å². The third-order valence-corrected chi connectivity index (χ3v) is 3.35. The summed E-state index contributed by atoms with van der Waals surface area (Å²) in [7, 11) is 1.89. The molecule has 102 valence electrons. The van der Waals surface area contributed by atoms with Gasteiger partial charge in [-0.05, 0) is 37.7 Å². The minimum absolute atomic E-state index is 0.0957. The van der Waals surface area contributed by atoms with Gasteiger partial charge in [-0.1, -0.05) is 13.0 Å². The molecule has 2 aromatic heterocycles. The summed E-state index contributed by atoms with van der Waals surface area (Å²) in [5.74, 6) is 1.16. The van der Waals surface area contributed by atoms with E-state index in [0.29, 0.717) is 11.8 Å². The lowest BCUT2D eigenvalue weighted by atomic mass is 10.1. The Labute approximate surface area is 117 Å². The molecule has 0 saturated carbocycles. The van der Waals surface area contributed by atoms with Crippen molar-refractivity contribution in [3.8, 4) is 11.5 Å². The van der Waals surface area contributed by atoms with E-state index in [4.69, 9.17) is 4.42 Å².